The molecule has 0 fully saturated rings. The summed E-state index contributed by atoms with van der Waals surface area (Å²) in [6, 6.07) is 77.0. The molecule has 2 heteroatoms. The minimum atomic E-state index is -0.105. The van der Waals surface area contributed by atoms with Crippen molar-refractivity contribution in [3.63, 3.8) is 0 Å². The maximum atomic E-state index is 6.18. The van der Waals surface area contributed by atoms with Crippen LogP contribution in [0.25, 0.3) is 77.6 Å². The zero-order valence-electron chi connectivity index (χ0n) is 33.1. The lowest BCUT2D eigenvalue weighted by Gasteiger charge is -2.31. The summed E-state index contributed by atoms with van der Waals surface area (Å²) in [7, 11) is 0. The van der Waals surface area contributed by atoms with Gasteiger partial charge in [-0.15, -0.1) is 0 Å². The Morgan fingerprint density at radius 2 is 0.898 bits per heavy atom. The molecule has 0 N–H and O–H groups in total. The van der Waals surface area contributed by atoms with Crippen LogP contribution in [0.5, 0.6) is 0 Å². The Morgan fingerprint density at radius 1 is 0.356 bits per heavy atom. The van der Waals surface area contributed by atoms with E-state index in [0.717, 1.165) is 55.7 Å². The van der Waals surface area contributed by atoms with Gasteiger partial charge in [0.2, 0.25) is 0 Å². The molecule has 59 heavy (non-hydrogen) atoms. The first-order valence-corrected chi connectivity index (χ1v) is 20.4. The molecule has 0 bridgehead atoms. The number of hydrogen-bond donors (Lipinski definition) is 0. The molecule has 1 aromatic heterocycles. The topological polar surface area (TPSA) is 16.4 Å². The van der Waals surface area contributed by atoms with Crippen molar-refractivity contribution < 1.29 is 4.42 Å². The van der Waals surface area contributed by atoms with E-state index >= 15 is 0 Å². The van der Waals surface area contributed by atoms with Crippen LogP contribution in [0.15, 0.2) is 217 Å². The van der Waals surface area contributed by atoms with Crippen LogP contribution in [-0.4, -0.2) is 0 Å². The van der Waals surface area contributed by atoms with E-state index in [4.69, 9.17) is 4.42 Å². The summed E-state index contributed by atoms with van der Waals surface area (Å²) in [5.41, 5.74) is 19.8. The van der Waals surface area contributed by atoms with Crippen LogP contribution in [0.1, 0.15) is 25.0 Å². The highest BCUT2D eigenvalue weighted by Gasteiger charge is 2.37. The van der Waals surface area contributed by atoms with Crippen LogP contribution < -0.4 is 4.90 Å². The summed E-state index contributed by atoms with van der Waals surface area (Å²) in [4.78, 5) is 2.47. The molecule has 0 radical (unpaired) electrons. The quantitative estimate of drug-likeness (QED) is 0.161. The molecule has 0 saturated heterocycles. The molecule has 0 atom stereocenters. The van der Waals surface area contributed by atoms with E-state index in [1.54, 1.807) is 0 Å². The predicted molar refractivity (Wildman–Crippen MR) is 248 cm³/mol. The third kappa shape index (κ3) is 5.71. The largest absolute Gasteiger partial charge is 0.456 e. The normalized spacial score (nSPS) is 12.7. The highest BCUT2D eigenvalue weighted by Crippen LogP contribution is 2.54. The second kappa shape index (κ2) is 13.9. The summed E-state index contributed by atoms with van der Waals surface area (Å²) < 4.78 is 6.18. The molecule has 1 heterocycles. The smallest absolute Gasteiger partial charge is 0.135 e. The van der Waals surface area contributed by atoms with Crippen LogP contribution in [0.3, 0.4) is 0 Å². The second-order valence-corrected chi connectivity index (χ2v) is 16.0. The first kappa shape index (κ1) is 34.8. The Kier molecular flexibility index (Phi) is 8.20. The zero-order valence-corrected chi connectivity index (χ0v) is 33.1. The van der Waals surface area contributed by atoms with E-state index in [-0.39, 0.29) is 5.41 Å². The summed E-state index contributed by atoms with van der Waals surface area (Å²) in [5.74, 6) is 0. The van der Waals surface area contributed by atoms with Gasteiger partial charge in [-0.1, -0.05) is 184 Å². The fourth-order valence-corrected chi connectivity index (χ4v) is 9.48. The highest BCUT2D eigenvalue weighted by atomic mass is 16.3. The molecule has 11 rings (SSSR count). The average Bonchev–Trinajstić information content (AvgIpc) is 3.79. The molecule has 1 aliphatic carbocycles. The monoisotopic (exact) mass is 755 g/mol. The van der Waals surface area contributed by atoms with Gasteiger partial charge in [-0.2, -0.15) is 0 Å². The highest BCUT2D eigenvalue weighted by molar-refractivity contribution is 6.06. The molecule has 0 aliphatic heterocycles. The van der Waals surface area contributed by atoms with Gasteiger partial charge in [0.05, 0.1) is 11.4 Å². The third-order valence-corrected chi connectivity index (χ3v) is 12.3. The first-order valence-electron chi connectivity index (χ1n) is 20.4. The van der Waals surface area contributed by atoms with Gasteiger partial charge in [-0.05, 0) is 98.1 Å². The molecule has 0 unspecified atom stereocenters. The lowest BCUT2D eigenvalue weighted by Crippen LogP contribution is -2.15. The van der Waals surface area contributed by atoms with Gasteiger partial charge < -0.3 is 9.32 Å². The minimum Gasteiger partial charge on any atom is -0.456 e. The van der Waals surface area contributed by atoms with Gasteiger partial charge >= 0.3 is 0 Å². The van der Waals surface area contributed by atoms with Gasteiger partial charge in [-0.25, -0.2) is 0 Å². The van der Waals surface area contributed by atoms with Crippen molar-refractivity contribution in [2.45, 2.75) is 19.3 Å². The number of furan rings is 1. The van der Waals surface area contributed by atoms with Crippen molar-refractivity contribution in [2.75, 3.05) is 4.90 Å². The van der Waals surface area contributed by atoms with Crippen LogP contribution in [-0.2, 0) is 5.41 Å². The van der Waals surface area contributed by atoms with E-state index in [1.807, 2.05) is 12.1 Å². The molecule has 0 saturated carbocycles. The molecule has 10 aromatic rings. The molecule has 0 spiro atoms. The molecular formula is C57H41NO. The fourth-order valence-electron chi connectivity index (χ4n) is 9.48. The fraction of sp³-hybridized carbons (Fsp3) is 0.0526. The van der Waals surface area contributed by atoms with E-state index in [2.05, 4.69) is 219 Å². The van der Waals surface area contributed by atoms with Crippen LogP contribution >= 0.6 is 0 Å². The number of nitrogens with zero attached hydrogens (tertiary/aromatic N) is 1. The summed E-state index contributed by atoms with van der Waals surface area (Å²) in [6.45, 7) is 4.71. The first-order chi connectivity index (χ1) is 29.0. The number of benzene rings is 9. The molecule has 9 aromatic carbocycles. The molecule has 1 aliphatic rings. The number of anilines is 3. The van der Waals surface area contributed by atoms with E-state index in [1.165, 1.54) is 50.1 Å². The molecule has 2 nitrogen and oxygen atoms in total. The van der Waals surface area contributed by atoms with Crippen LogP contribution in [0.2, 0.25) is 0 Å². The maximum Gasteiger partial charge on any atom is 0.135 e. The van der Waals surface area contributed by atoms with Crippen molar-refractivity contribution in [3.05, 3.63) is 223 Å². The predicted octanol–water partition coefficient (Wildman–Crippen LogP) is 16.0. The lowest BCUT2D eigenvalue weighted by molar-refractivity contribution is 0.660. The number of para-hydroxylation sites is 3. The van der Waals surface area contributed by atoms with Gasteiger partial charge in [0, 0.05) is 33.0 Å². The summed E-state index contributed by atoms with van der Waals surface area (Å²) >= 11 is 0. The second-order valence-electron chi connectivity index (χ2n) is 16.0. The van der Waals surface area contributed by atoms with Crippen molar-refractivity contribution in [3.8, 4) is 55.6 Å². The SMILES string of the molecule is CC1(C)c2ccccc2-c2c(-c3ccccc3N(c3ccc(-c4ccc5oc6ccccc6c5c4)cc3)c3ccccc3-c3ccccc3-c3ccccc3)cccc21. The van der Waals surface area contributed by atoms with E-state index in [9.17, 15) is 0 Å². The van der Waals surface area contributed by atoms with Crippen LogP contribution in [0, 0.1) is 0 Å². The number of rotatable bonds is 7. The molecule has 280 valence electrons. The van der Waals surface area contributed by atoms with E-state index in [0.29, 0.717) is 0 Å². The van der Waals surface area contributed by atoms with Crippen molar-refractivity contribution >= 4 is 39.0 Å². The van der Waals surface area contributed by atoms with Gasteiger partial charge in [0.15, 0.2) is 0 Å². The Balaban J connectivity index is 1.12. The zero-order chi connectivity index (χ0) is 39.5. The Bertz CT molecular complexity index is 3190. The van der Waals surface area contributed by atoms with Crippen molar-refractivity contribution in [1.29, 1.82) is 0 Å². The lowest BCUT2D eigenvalue weighted by atomic mass is 9.82. The van der Waals surface area contributed by atoms with Gasteiger partial charge in [-0.3, -0.25) is 0 Å². The minimum absolute atomic E-state index is 0.105. The summed E-state index contributed by atoms with van der Waals surface area (Å²) in [6.07, 6.45) is 0. The molecule has 0 amide bonds. The Morgan fingerprint density at radius 3 is 1.66 bits per heavy atom. The van der Waals surface area contributed by atoms with Crippen molar-refractivity contribution in [2.24, 2.45) is 0 Å². The number of hydrogen-bond acceptors (Lipinski definition) is 2. The van der Waals surface area contributed by atoms with Crippen molar-refractivity contribution in [1.82, 2.24) is 0 Å². The van der Waals surface area contributed by atoms with Gasteiger partial charge in [0.1, 0.15) is 11.2 Å². The maximum absolute atomic E-state index is 6.18. The molecular weight excluding hydrogens is 715 g/mol. The van der Waals surface area contributed by atoms with Crippen LogP contribution in [0.4, 0.5) is 17.1 Å². The van der Waals surface area contributed by atoms with E-state index < -0.39 is 0 Å². The summed E-state index contributed by atoms with van der Waals surface area (Å²) in [5, 5.41) is 2.26. The Hall–Kier alpha value is -7.42. The Labute approximate surface area is 345 Å². The third-order valence-electron chi connectivity index (χ3n) is 12.3. The standard InChI is InChI=1S/C57H41NO/c1-57(2)50-26-12-8-24-48(50)56-47(25-16-27-51(56)57)45-22-10-14-29-53(45)58(52-28-13-9-21-44(52)43-20-7-6-19-42(43)39-17-4-3-5-18-39)41-34-31-38(32-35-41)40-33-36-55-49(37-40)46-23-11-15-30-54(46)59-55/h3-37H,1-2H3. The van der Waals surface area contributed by atoms with Gasteiger partial charge in [0.25, 0.3) is 0 Å². The number of fused-ring (bicyclic) bond motifs is 6. The average molecular weight is 756 g/mol.